The predicted molar refractivity (Wildman–Crippen MR) is 130 cm³/mol. The summed E-state index contributed by atoms with van der Waals surface area (Å²) >= 11 is 1.38. The van der Waals surface area contributed by atoms with Crippen molar-refractivity contribution in [3.8, 4) is 11.3 Å². The smallest absolute Gasteiger partial charge is 0.339 e. The number of nitrogens with zero attached hydrogens (tertiary/aromatic N) is 2. The molecule has 2 heterocycles. The first kappa shape index (κ1) is 20.8. The number of esters is 1. The maximum absolute atomic E-state index is 12.9. The van der Waals surface area contributed by atoms with Gasteiger partial charge in [0.05, 0.1) is 27.0 Å². The van der Waals surface area contributed by atoms with Gasteiger partial charge in [0.15, 0.2) is 11.7 Å². The number of para-hydroxylation sites is 1. The van der Waals surface area contributed by atoms with E-state index >= 15 is 0 Å². The number of benzene rings is 3. The van der Waals surface area contributed by atoms with Crippen LogP contribution in [-0.2, 0) is 9.53 Å². The molecule has 5 rings (SSSR count). The number of pyridine rings is 1. The zero-order chi connectivity index (χ0) is 22.8. The van der Waals surface area contributed by atoms with Gasteiger partial charge in [0.2, 0.25) is 0 Å². The van der Waals surface area contributed by atoms with Crippen molar-refractivity contribution in [2.24, 2.45) is 0 Å². The second kappa shape index (κ2) is 8.80. The zero-order valence-electron chi connectivity index (χ0n) is 17.7. The summed E-state index contributed by atoms with van der Waals surface area (Å²) in [6, 6.07) is 24.6. The molecule has 2 aromatic heterocycles. The van der Waals surface area contributed by atoms with Crippen molar-refractivity contribution in [1.29, 1.82) is 0 Å². The van der Waals surface area contributed by atoms with E-state index < -0.39 is 18.5 Å². The summed E-state index contributed by atoms with van der Waals surface area (Å²) in [5.41, 5.74) is 4.53. The molecular formula is C26H19N3O3S. The number of thiazole rings is 1. The van der Waals surface area contributed by atoms with Gasteiger partial charge in [0.1, 0.15) is 0 Å². The van der Waals surface area contributed by atoms with Gasteiger partial charge in [-0.2, -0.15) is 0 Å². The Bertz CT molecular complexity index is 1500. The molecule has 0 unspecified atom stereocenters. The molecule has 0 atom stereocenters. The van der Waals surface area contributed by atoms with Crippen molar-refractivity contribution in [3.05, 3.63) is 90.0 Å². The quantitative estimate of drug-likeness (QED) is 0.350. The van der Waals surface area contributed by atoms with Gasteiger partial charge in [-0.25, -0.2) is 14.8 Å². The van der Waals surface area contributed by atoms with Crippen molar-refractivity contribution in [1.82, 2.24) is 9.97 Å². The summed E-state index contributed by atoms with van der Waals surface area (Å²) in [5.74, 6) is -1.03. The van der Waals surface area contributed by atoms with Crippen LogP contribution in [0.2, 0.25) is 0 Å². The molecule has 1 N–H and O–H groups in total. The molecule has 3 aromatic carbocycles. The van der Waals surface area contributed by atoms with Crippen LogP contribution in [0.1, 0.15) is 15.9 Å². The van der Waals surface area contributed by atoms with Gasteiger partial charge in [0.25, 0.3) is 5.91 Å². The average Bonchev–Trinajstić information content (AvgIpc) is 3.23. The Morgan fingerprint density at radius 2 is 1.70 bits per heavy atom. The summed E-state index contributed by atoms with van der Waals surface area (Å²) < 4.78 is 6.34. The number of carbonyl (C=O) groups excluding carboxylic acids is 2. The first-order chi connectivity index (χ1) is 16.1. The topological polar surface area (TPSA) is 81.2 Å². The van der Waals surface area contributed by atoms with E-state index in [1.807, 2.05) is 79.7 Å². The number of nitrogens with one attached hydrogen (secondary N) is 1. The minimum Gasteiger partial charge on any atom is -0.452 e. The molecular weight excluding hydrogens is 434 g/mol. The molecule has 0 saturated carbocycles. The monoisotopic (exact) mass is 453 g/mol. The highest BCUT2D eigenvalue weighted by atomic mass is 32.1. The van der Waals surface area contributed by atoms with Crippen LogP contribution in [0.5, 0.6) is 0 Å². The number of rotatable bonds is 5. The number of carbonyl (C=O) groups is 2. The highest BCUT2D eigenvalue weighted by Crippen LogP contribution is 2.27. The van der Waals surface area contributed by atoms with Crippen LogP contribution >= 0.6 is 11.3 Å². The van der Waals surface area contributed by atoms with Gasteiger partial charge >= 0.3 is 5.97 Å². The number of amides is 1. The van der Waals surface area contributed by atoms with E-state index in [-0.39, 0.29) is 0 Å². The van der Waals surface area contributed by atoms with Crippen LogP contribution in [0.3, 0.4) is 0 Å². The van der Waals surface area contributed by atoms with Gasteiger partial charge in [-0.15, -0.1) is 0 Å². The third kappa shape index (κ3) is 4.44. The molecule has 0 bridgehead atoms. The van der Waals surface area contributed by atoms with E-state index in [4.69, 9.17) is 4.74 Å². The largest absolute Gasteiger partial charge is 0.452 e. The van der Waals surface area contributed by atoms with Gasteiger partial charge in [-0.05, 0) is 36.8 Å². The maximum Gasteiger partial charge on any atom is 0.339 e. The Labute approximate surface area is 193 Å². The molecule has 162 valence electrons. The lowest BCUT2D eigenvalue weighted by atomic mass is 10.0. The predicted octanol–water partition coefficient (Wildman–Crippen LogP) is 5.62. The molecule has 0 aliphatic carbocycles. The standard InChI is InChI=1S/C26H19N3O3S/c1-16-11-12-21-23(13-16)33-26(28-21)29-24(30)15-32-25(31)19-14-22(17-7-3-2-4-8-17)27-20-10-6-5-9-18(19)20/h2-14H,15H2,1H3,(H,28,29,30). The Morgan fingerprint density at radius 1 is 0.909 bits per heavy atom. The second-order valence-electron chi connectivity index (χ2n) is 7.55. The minimum atomic E-state index is -0.583. The van der Waals surface area contributed by atoms with E-state index in [0.717, 1.165) is 21.3 Å². The van der Waals surface area contributed by atoms with Gasteiger partial charge in [0, 0.05) is 10.9 Å². The van der Waals surface area contributed by atoms with Crippen molar-refractivity contribution < 1.29 is 14.3 Å². The van der Waals surface area contributed by atoms with Crippen LogP contribution < -0.4 is 5.32 Å². The number of aryl methyl sites for hydroxylation is 1. The van der Waals surface area contributed by atoms with E-state index in [1.165, 1.54) is 11.3 Å². The highest BCUT2D eigenvalue weighted by Gasteiger charge is 2.17. The number of ether oxygens (including phenoxy) is 1. The summed E-state index contributed by atoms with van der Waals surface area (Å²) in [5, 5.41) is 3.85. The fourth-order valence-corrected chi connectivity index (χ4v) is 4.53. The molecule has 7 heteroatoms. The number of aromatic nitrogens is 2. The first-order valence-corrected chi connectivity index (χ1v) is 11.2. The Balaban J connectivity index is 1.34. The fourth-order valence-electron chi connectivity index (χ4n) is 3.55. The Morgan fingerprint density at radius 3 is 2.55 bits per heavy atom. The molecule has 0 saturated heterocycles. The Kier molecular flexibility index (Phi) is 5.54. The molecule has 0 fully saturated rings. The maximum atomic E-state index is 12.9. The number of hydrogen-bond acceptors (Lipinski definition) is 6. The SMILES string of the molecule is Cc1ccc2nc(NC(=O)COC(=O)c3cc(-c4ccccc4)nc4ccccc34)sc2c1. The third-order valence-corrected chi connectivity index (χ3v) is 6.06. The summed E-state index contributed by atoms with van der Waals surface area (Å²) in [6.07, 6.45) is 0. The second-order valence-corrected chi connectivity index (χ2v) is 8.58. The van der Waals surface area contributed by atoms with E-state index in [9.17, 15) is 9.59 Å². The summed E-state index contributed by atoms with van der Waals surface area (Å²) in [6.45, 7) is 1.59. The molecule has 33 heavy (non-hydrogen) atoms. The van der Waals surface area contributed by atoms with Crippen LogP contribution in [0.25, 0.3) is 32.4 Å². The molecule has 1 amide bonds. The molecule has 0 radical (unpaired) electrons. The van der Waals surface area contributed by atoms with Crippen molar-refractivity contribution in [3.63, 3.8) is 0 Å². The third-order valence-electron chi connectivity index (χ3n) is 5.13. The first-order valence-electron chi connectivity index (χ1n) is 10.4. The number of fused-ring (bicyclic) bond motifs is 2. The van der Waals surface area contributed by atoms with Gasteiger partial charge < -0.3 is 4.74 Å². The van der Waals surface area contributed by atoms with Crippen LogP contribution in [-0.4, -0.2) is 28.5 Å². The minimum absolute atomic E-state index is 0.364. The lowest BCUT2D eigenvalue weighted by Gasteiger charge is -2.10. The van der Waals surface area contributed by atoms with E-state index in [0.29, 0.717) is 27.3 Å². The number of hydrogen-bond donors (Lipinski definition) is 1. The van der Waals surface area contributed by atoms with E-state index in [2.05, 4.69) is 15.3 Å². The number of anilines is 1. The molecule has 0 spiro atoms. The van der Waals surface area contributed by atoms with Crippen LogP contribution in [0.4, 0.5) is 5.13 Å². The average molecular weight is 454 g/mol. The highest BCUT2D eigenvalue weighted by molar-refractivity contribution is 7.22. The van der Waals surface area contributed by atoms with Gasteiger partial charge in [-0.3, -0.25) is 10.1 Å². The van der Waals surface area contributed by atoms with Gasteiger partial charge in [-0.1, -0.05) is 65.9 Å². The van der Waals surface area contributed by atoms with Crippen molar-refractivity contribution in [2.45, 2.75) is 6.92 Å². The fraction of sp³-hybridized carbons (Fsp3) is 0.0769. The van der Waals surface area contributed by atoms with E-state index in [1.54, 1.807) is 6.07 Å². The lowest BCUT2D eigenvalue weighted by molar-refractivity contribution is -0.119. The Hall–Kier alpha value is -4.10. The molecule has 0 aliphatic heterocycles. The summed E-state index contributed by atoms with van der Waals surface area (Å²) in [7, 11) is 0. The van der Waals surface area contributed by atoms with Crippen molar-refractivity contribution >= 4 is 49.5 Å². The van der Waals surface area contributed by atoms with Crippen molar-refractivity contribution in [2.75, 3.05) is 11.9 Å². The lowest BCUT2D eigenvalue weighted by Crippen LogP contribution is -2.21. The van der Waals surface area contributed by atoms with Crippen LogP contribution in [0.15, 0.2) is 78.9 Å². The zero-order valence-corrected chi connectivity index (χ0v) is 18.6. The van der Waals surface area contributed by atoms with Crippen LogP contribution in [0, 0.1) is 6.92 Å². The molecule has 6 nitrogen and oxygen atoms in total. The molecule has 0 aliphatic rings. The molecule has 5 aromatic rings. The normalized spacial score (nSPS) is 10.9. The summed E-state index contributed by atoms with van der Waals surface area (Å²) in [4.78, 5) is 34.4.